The van der Waals surface area contributed by atoms with E-state index in [1.807, 2.05) is 6.92 Å². The number of sulfonamides is 1. The van der Waals surface area contributed by atoms with E-state index in [1.165, 1.54) is 4.31 Å². The second-order valence-corrected chi connectivity index (χ2v) is 10.3. The summed E-state index contributed by atoms with van der Waals surface area (Å²) in [5, 5.41) is 11.0. The Kier molecular flexibility index (Phi) is 6.97. The van der Waals surface area contributed by atoms with Gasteiger partial charge in [0.15, 0.2) is 0 Å². The van der Waals surface area contributed by atoms with Crippen molar-refractivity contribution in [1.82, 2.24) is 19.8 Å². The number of piperidine rings is 1. The largest absolute Gasteiger partial charge is 0.467 e. The van der Waals surface area contributed by atoms with Crippen molar-refractivity contribution in [3.05, 3.63) is 48.4 Å². The van der Waals surface area contributed by atoms with E-state index in [2.05, 4.69) is 15.5 Å². The summed E-state index contributed by atoms with van der Waals surface area (Å²) < 4.78 is 38.3. The second kappa shape index (κ2) is 9.88. The minimum Gasteiger partial charge on any atom is -0.467 e. The van der Waals surface area contributed by atoms with E-state index >= 15 is 0 Å². The maximum Gasteiger partial charge on any atom is 0.277 e. The molecule has 1 aliphatic heterocycles. The first kappa shape index (κ1) is 22.6. The molecule has 1 fully saturated rings. The van der Waals surface area contributed by atoms with Gasteiger partial charge in [-0.15, -0.1) is 10.2 Å². The zero-order valence-electron chi connectivity index (χ0n) is 17.6. The number of carbonyl (C=O) groups excluding carboxylic acids is 1. The number of nitrogens with zero attached hydrogens (tertiary/aromatic N) is 3. The fourth-order valence-electron chi connectivity index (χ4n) is 3.45. The van der Waals surface area contributed by atoms with E-state index in [0.29, 0.717) is 24.4 Å². The van der Waals surface area contributed by atoms with Crippen LogP contribution < -0.4 is 5.32 Å². The molecule has 32 heavy (non-hydrogen) atoms. The maximum absolute atomic E-state index is 12.9. The molecule has 1 aliphatic rings. The van der Waals surface area contributed by atoms with Crippen LogP contribution in [0.1, 0.15) is 38.0 Å². The smallest absolute Gasteiger partial charge is 0.277 e. The minimum atomic E-state index is -3.56. The lowest BCUT2D eigenvalue weighted by Gasteiger charge is -2.25. The average molecular weight is 477 g/mol. The van der Waals surface area contributed by atoms with Gasteiger partial charge in [-0.25, -0.2) is 8.42 Å². The van der Waals surface area contributed by atoms with Gasteiger partial charge in [0.1, 0.15) is 5.76 Å². The van der Waals surface area contributed by atoms with Gasteiger partial charge in [0.05, 0.1) is 23.0 Å². The van der Waals surface area contributed by atoms with Crippen LogP contribution in [0.5, 0.6) is 0 Å². The molecule has 0 radical (unpaired) electrons. The number of hydrogen-bond acceptors (Lipinski definition) is 8. The third-order valence-corrected chi connectivity index (χ3v) is 7.83. The molecule has 1 atom stereocenters. The number of nitrogens with one attached hydrogen (secondary N) is 1. The molecule has 1 saturated heterocycles. The van der Waals surface area contributed by atoms with Gasteiger partial charge >= 0.3 is 0 Å². The van der Waals surface area contributed by atoms with Crippen molar-refractivity contribution < 1.29 is 22.0 Å². The van der Waals surface area contributed by atoms with E-state index in [1.54, 1.807) is 42.7 Å². The Morgan fingerprint density at radius 1 is 1.19 bits per heavy atom. The monoisotopic (exact) mass is 476 g/mol. The summed E-state index contributed by atoms with van der Waals surface area (Å²) in [4.78, 5) is 12.4. The summed E-state index contributed by atoms with van der Waals surface area (Å²) in [5.74, 6) is 0.763. The number of hydrogen-bond donors (Lipinski definition) is 1. The molecule has 3 aromatic rings. The number of amides is 1. The molecular formula is C21H24N4O5S2. The first-order chi connectivity index (χ1) is 15.4. The van der Waals surface area contributed by atoms with Crippen molar-refractivity contribution in [2.75, 3.05) is 18.8 Å². The van der Waals surface area contributed by atoms with Gasteiger partial charge in [-0.3, -0.25) is 4.79 Å². The molecule has 4 rings (SSSR count). The number of carbonyl (C=O) groups is 1. The maximum atomic E-state index is 12.9. The van der Waals surface area contributed by atoms with Crippen LogP contribution in [0.25, 0.3) is 11.5 Å². The van der Waals surface area contributed by atoms with Crippen molar-refractivity contribution in [2.45, 2.75) is 42.3 Å². The Labute approximate surface area is 190 Å². The molecular weight excluding hydrogens is 452 g/mol. The molecule has 0 spiro atoms. The molecule has 1 N–H and O–H groups in total. The van der Waals surface area contributed by atoms with Crippen molar-refractivity contribution in [3.63, 3.8) is 0 Å². The predicted octanol–water partition coefficient (Wildman–Crippen LogP) is 3.47. The SMILES string of the molecule is CC(NC(=O)CSc1nnc(-c2cccc(S(=O)(=O)N3CCCCC3)c2)o1)c1ccco1. The highest BCUT2D eigenvalue weighted by Gasteiger charge is 2.26. The first-order valence-corrected chi connectivity index (χ1v) is 12.8. The van der Waals surface area contributed by atoms with Gasteiger partial charge in [-0.05, 0) is 50.1 Å². The van der Waals surface area contributed by atoms with E-state index in [4.69, 9.17) is 8.83 Å². The van der Waals surface area contributed by atoms with Gasteiger partial charge in [-0.1, -0.05) is 24.2 Å². The molecule has 1 amide bonds. The summed E-state index contributed by atoms with van der Waals surface area (Å²) in [7, 11) is -3.56. The molecule has 9 nitrogen and oxygen atoms in total. The Bertz CT molecular complexity index is 1150. The Morgan fingerprint density at radius 2 is 2.00 bits per heavy atom. The summed E-state index contributed by atoms with van der Waals surface area (Å²) in [6.45, 7) is 2.90. The van der Waals surface area contributed by atoms with Crippen LogP contribution in [0.2, 0.25) is 0 Å². The normalized spacial score (nSPS) is 16.0. The fraction of sp³-hybridized carbons (Fsp3) is 0.381. The number of aromatic nitrogens is 2. The molecule has 0 saturated carbocycles. The minimum absolute atomic E-state index is 0.0933. The number of benzene rings is 1. The Balaban J connectivity index is 1.39. The van der Waals surface area contributed by atoms with Crippen molar-refractivity contribution in [3.8, 4) is 11.5 Å². The lowest BCUT2D eigenvalue weighted by molar-refractivity contribution is -0.119. The highest BCUT2D eigenvalue weighted by atomic mass is 32.2. The number of rotatable bonds is 8. The lowest BCUT2D eigenvalue weighted by Crippen LogP contribution is -2.35. The Hall–Kier alpha value is -2.63. The third-order valence-electron chi connectivity index (χ3n) is 5.11. The summed E-state index contributed by atoms with van der Waals surface area (Å²) in [6.07, 6.45) is 4.35. The molecule has 1 aromatic carbocycles. The third kappa shape index (κ3) is 5.22. The molecule has 1 unspecified atom stereocenters. The topological polar surface area (TPSA) is 119 Å². The van der Waals surface area contributed by atoms with Crippen molar-refractivity contribution in [2.24, 2.45) is 0 Å². The van der Waals surface area contributed by atoms with Gasteiger partial charge in [0.2, 0.25) is 21.8 Å². The van der Waals surface area contributed by atoms with Crippen LogP contribution in [0.3, 0.4) is 0 Å². The standard InChI is InChI=1S/C21H24N4O5S2/c1-15(18-9-6-12-29-18)22-19(26)14-31-21-24-23-20(30-21)16-7-5-8-17(13-16)32(27,28)25-10-3-2-4-11-25/h5-9,12-13,15H,2-4,10-11,14H2,1H3,(H,22,26). The number of furan rings is 1. The summed E-state index contributed by atoms with van der Waals surface area (Å²) >= 11 is 1.11. The molecule has 3 heterocycles. The first-order valence-electron chi connectivity index (χ1n) is 10.3. The van der Waals surface area contributed by atoms with Crippen LogP contribution in [-0.2, 0) is 14.8 Å². The van der Waals surface area contributed by atoms with E-state index in [9.17, 15) is 13.2 Å². The molecule has 170 valence electrons. The predicted molar refractivity (Wildman–Crippen MR) is 118 cm³/mol. The van der Waals surface area contributed by atoms with E-state index in [-0.39, 0.29) is 33.7 Å². The van der Waals surface area contributed by atoms with Gasteiger partial charge in [0.25, 0.3) is 5.22 Å². The number of thioether (sulfide) groups is 1. The zero-order valence-corrected chi connectivity index (χ0v) is 19.2. The van der Waals surface area contributed by atoms with Gasteiger partial charge < -0.3 is 14.2 Å². The van der Waals surface area contributed by atoms with Crippen LogP contribution in [0.15, 0.2) is 61.6 Å². The van der Waals surface area contributed by atoms with Crippen molar-refractivity contribution in [1.29, 1.82) is 0 Å². The highest BCUT2D eigenvalue weighted by molar-refractivity contribution is 7.99. The second-order valence-electron chi connectivity index (χ2n) is 7.46. The van der Waals surface area contributed by atoms with Crippen LogP contribution in [0, 0.1) is 0 Å². The molecule has 11 heteroatoms. The fourth-order valence-corrected chi connectivity index (χ4v) is 5.59. The van der Waals surface area contributed by atoms with Crippen LogP contribution >= 0.6 is 11.8 Å². The van der Waals surface area contributed by atoms with Crippen molar-refractivity contribution >= 4 is 27.7 Å². The lowest BCUT2D eigenvalue weighted by atomic mass is 10.2. The molecule has 2 aromatic heterocycles. The van der Waals surface area contributed by atoms with Crippen LogP contribution in [0.4, 0.5) is 0 Å². The highest BCUT2D eigenvalue weighted by Crippen LogP contribution is 2.27. The quantitative estimate of drug-likeness (QED) is 0.491. The van der Waals surface area contributed by atoms with E-state index in [0.717, 1.165) is 31.0 Å². The van der Waals surface area contributed by atoms with Gasteiger partial charge in [0, 0.05) is 18.7 Å². The molecule has 0 bridgehead atoms. The van der Waals surface area contributed by atoms with Gasteiger partial charge in [-0.2, -0.15) is 4.31 Å². The van der Waals surface area contributed by atoms with Crippen LogP contribution in [-0.4, -0.2) is 47.7 Å². The zero-order chi connectivity index (χ0) is 22.6. The van der Waals surface area contributed by atoms with E-state index < -0.39 is 10.0 Å². The Morgan fingerprint density at radius 3 is 2.75 bits per heavy atom. The summed E-state index contributed by atoms with van der Waals surface area (Å²) in [5.41, 5.74) is 0.512. The average Bonchev–Trinajstić information content (AvgIpc) is 3.51. The summed E-state index contributed by atoms with van der Waals surface area (Å²) in [6, 6.07) is 9.80. The molecule has 0 aliphatic carbocycles.